The molecule has 0 aromatic heterocycles. The molecule has 1 aromatic rings. The van der Waals surface area contributed by atoms with E-state index in [0.29, 0.717) is 9.80 Å². The second-order valence-electron chi connectivity index (χ2n) is 4.40. The van der Waals surface area contributed by atoms with Crippen molar-refractivity contribution in [1.82, 2.24) is 15.1 Å². The Kier molecular flexibility index (Phi) is 3.11. The van der Waals surface area contributed by atoms with Gasteiger partial charge in [-0.25, -0.2) is 14.5 Å². The number of nitrogens with zero attached hydrogens (tertiary/aromatic N) is 2. The molecule has 1 unspecified atom stereocenters. The molecule has 1 saturated heterocycles. The number of hydrogen-bond acceptors (Lipinski definition) is 2. The van der Waals surface area contributed by atoms with Crippen LogP contribution in [0.25, 0.3) is 0 Å². The average molecular weight is 287 g/mol. The molecule has 8 heteroatoms. The molecule has 1 aliphatic heterocycles. The van der Waals surface area contributed by atoms with Crippen LogP contribution in [0.5, 0.6) is 0 Å². The third-order valence-corrected chi connectivity index (χ3v) is 3.27. The van der Waals surface area contributed by atoms with Crippen molar-refractivity contribution in [3.8, 4) is 0 Å². The molecule has 0 saturated carbocycles. The van der Waals surface area contributed by atoms with Crippen LogP contribution in [0, 0.1) is 0 Å². The zero-order chi connectivity index (χ0) is 15.1. The first kappa shape index (κ1) is 14.2. The minimum absolute atomic E-state index is 0.232. The fraction of sp³-hybridized carbons (Fsp3) is 0.333. The molecule has 20 heavy (non-hydrogen) atoms. The minimum atomic E-state index is -4.87. The van der Waals surface area contributed by atoms with E-state index in [9.17, 15) is 22.8 Å². The quantitative estimate of drug-likeness (QED) is 0.860. The van der Waals surface area contributed by atoms with Crippen molar-refractivity contribution in [2.75, 3.05) is 14.1 Å². The van der Waals surface area contributed by atoms with Gasteiger partial charge < -0.3 is 5.32 Å². The molecule has 1 N–H and O–H groups in total. The van der Waals surface area contributed by atoms with Gasteiger partial charge in [-0.15, -0.1) is 0 Å². The number of benzene rings is 1. The highest BCUT2D eigenvalue weighted by molar-refractivity contribution is 5.96. The molecule has 0 spiro atoms. The van der Waals surface area contributed by atoms with Gasteiger partial charge in [0.1, 0.15) is 0 Å². The monoisotopic (exact) mass is 287 g/mol. The second-order valence-corrected chi connectivity index (χ2v) is 4.40. The highest BCUT2D eigenvalue weighted by Gasteiger charge is 2.64. The van der Waals surface area contributed by atoms with Crippen LogP contribution in [0.2, 0.25) is 0 Å². The van der Waals surface area contributed by atoms with Crippen molar-refractivity contribution in [1.29, 1.82) is 0 Å². The number of imide groups is 1. The Hall–Kier alpha value is -2.25. The zero-order valence-electron chi connectivity index (χ0n) is 10.7. The van der Waals surface area contributed by atoms with Crippen molar-refractivity contribution in [2.24, 2.45) is 0 Å². The zero-order valence-corrected chi connectivity index (χ0v) is 10.7. The van der Waals surface area contributed by atoms with Crippen LogP contribution in [0.15, 0.2) is 30.3 Å². The summed E-state index contributed by atoms with van der Waals surface area (Å²) in [6.07, 6.45) is -4.87. The number of halogens is 3. The predicted molar refractivity (Wildman–Crippen MR) is 63.6 cm³/mol. The van der Waals surface area contributed by atoms with Crippen LogP contribution in [-0.4, -0.2) is 42.1 Å². The summed E-state index contributed by atoms with van der Waals surface area (Å²) in [5.41, 5.74) is -3.10. The van der Waals surface area contributed by atoms with Crippen LogP contribution >= 0.6 is 0 Å². The number of nitrogens with one attached hydrogen (secondary N) is 1. The molecule has 0 aliphatic carbocycles. The summed E-state index contributed by atoms with van der Waals surface area (Å²) in [5.74, 6) is 0. The molecule has 1 atom stereocenters. The summed E-state index contributed by atoms with van der Waals surface area (Å²) in [6, 6.07) is 4.65. The van der Waals surface area contributed by atoms with E-state index in [4.69, 9.17) is 0 Å². The van der Waals surface area contributed by atoms with E-state index in [0.717, 1.165) is 14.1 Å². The van der Waals surface area contributed by atoms with Gasteiger partial charge in [-0.1, -0.05) is 30.3 Å². The van der Waals surface area contributed by atoms with E-state index in [-0.39, 0.29) is 5.56 Å². The number of alkyl halides is 3. The molecule has 2 rings (SSSR count). The molecule has 1 aromatic carbocycles. The van der Waals surface area contributed by atoms with Crippen LogP contribution in [0.4, 0.5) is 22.8 Å². The molecular weight excluding hydrogens is 275 g/mol. The Morgan fingerprint density at radius 3 is 2.15 bits per heavy atom. The molecule has 1 aliphatic rings. The molecule has 1 heterocycles. The Morgan fingerprint density at radius 1 is 1.10 bits per heavy atom. The van der Waals surface area contributed by atoms with Crippen molar-refractivity contribution in [2.45, 2.75) is 11.8 Å². The van der Waals surface area contributed by atoms with Crippen molar-refractivity contribution in [3.05, 3.63) is 35.9 Å². The lowest BCUT2D eigenvalue weighted by molar-refractivity contribution is -0.237. The van der Waals surface area contributed by atoms with E-state index in [1.807, 2.05) is 5.32 Å². The van der Waals surface area contributed by atoms with Crippen molar-refractivity contribution in [3.63, 3.8) is 0 Å². The Labute approximate surface area is 113 Å². The second kappa shape index (κ2) is 4.39. The summed E-state index contributed by atoms with van der Waals surface area (Å²) in [7, 11) is 2.11. The average Bonchev–Trinajstić information content (AvgIpc) is 2.40. The standard InChI is InChI=1S/C12H12F3N3O2/c1-17-9(19)16-11(12(13,14)15,18(2)10(17)20)8-6-4-3-5-7-8/h3-7H,1-2H3,(H,16,19). The van der Waals surface area contributed by atoms with Gasteiger partial charge in [0, 0.05) is 19.7 Å². The van der Waals surface area contributed by atoms with Gasteiger partial charge >= 0.3 is 18.2 Å². The lowest BCUT2D eigenvalue weighted by Gasteiger charge is -2.48. The fourth-order valence-corrected chi connectivity index (χ4v) is 2.15. The first-order chi connectivity index (χ1) is 9.22. The van der Waals surface area contributed by atoms with Crippen LogP contribution in [0.1, 0.15) is 5.56 Å². The van der Waals surface area contributed by atoms with E-state index < -0.39 is 23.9 Å². The Bertz CT molecular complexity index is 547. The molecule has 0 bridgehead atoms. The van der Waals surface area contributed by atoms with Crippen molar-refractivity contribution >= 4 is 12.1 Å². The highest BCUT2D eigenvalue weighted by Crippen LogP contribution is 2.43. The number of hydrogen-bond donors (Lipinski definition) is 1. The Morgan fingerprint density at radius 2 is 1.65 bits per heavy atom. The van der Waals surface area contributed by atoms with Gasteiger partial charge in [0.25, 0.3) is 0 Å². The summed E-state index contributed by atoms with van der Waals surface area (Å²) in [4.78, 5) is 24.6. The Balaban J connectivity index is 2.66. The topological polar surface area (TPSA) is 52.7 Å². The van der Waals surface area contributed by atoms with Crippen LogP contribution in [-0.2, 0) is 5.66 Å². The van der Waals surface area contributed by atoms with Crippen LogP contribution in [0.3, 0.4) is 0 Å². The summed E-state index contributed by atoms with van der Waals surface area (Å²) >= 11 is 0. The predicted octanol–water partition coefficient (Wildman–Crippen LogP) is 2.11. The summed E-state index contributed by atoms with van der Waals surface area (Å²) in [5, 5.41) is 1.88. The van der Waals surface area contributed by atoms with Gasteiger partial charge in [0.05, 0.1) is 0 Å². The van der Waals surface area contributed by atoms with E-state index in [1.165, 1.54) is 24.3 Å². The van der Waals surface area contributed by atoms with Gasteiger partial charge in [-0.05, 0) is 0 Å². The fourth-order valence-electron chi connectivity index (χ4n) is 2.15. The van der Waals surface area contributed by atoms with Gasteiger partial charge in [-0.2, -0.15) is 13.2 Å². The van der Waals surface area contributed by atoms with E-state index in [2.05, 4.69) is 0 Å². The third-order valence-electron chi connectivity index (χ3n) is 3.27. The number of rotatable bonds is 1. The first-order valence-corrected chi connectivity index (χ1v) is 5.67. The molecule has 4 amide bonds. The van der Waals surface area contributed by atoms with Gasteiger partial charge in [0.2, 0.25) is 5.66 Å². The van der Waals surface area contributed by atoms with Gasteiger partial charge in [-0.3, -0.25) is 4.90 Å². The van der Waals surface area contributed by atoms with Gasteiger partial charge in [0.15, 0.2) is 0 Å². The minimum Gasteiger partial charge on any atom is -0.303 e. The van der Waals surface area contributed by atoms with E-state index >= 15 is 0 Å². The molecule has 1 fully saturated rings. The number of carbonyl (C=O) groups is 2. The SMILES string of the molecule is CN1C(=O)NC(c2ccccc2)(C(F)(F)F)N(C)C1=O. The van der Waals surface area contributed by atoms with E-state index in [1.54, 1.807) is 6.07 Å². The van der Waals surface area contributed by atoms with Crippen molar-refractivity contribution < 1.29 is 22.8 Å². The molecule has 0 radical (unpaired) electrons. The first-order valence-electron chi connectivity index (χ1n) is 5.67. The molecule has 108 valence electrons. The summed E-state index contributed by atoms with van der Waals surface area (Å²) < 4.78 is 40.7. The number of carbonyl (C=O) groups excluding carboxylic acids is 2. The maximum absolute atomic E-state index is 13.6. The molecular formula is C12H12F3N3O2. The third kappa shape index (κ3) is 1.79. The maximum atomic E-state index is 13.6. The lowest BCUT2D eigenvalue weighted by Crippen LogP contribution is -2.73. The smallest absolute Gasteiger partial charge is 0.303 e. The largest absolute Gasteiger partial charge is 0.435 e. The van der Waals surface area contributed by atoms with Crippen LogP contribution < -0.4 is 5.32 Å². The number of urea groups is 2. The maximum Gasteiger partial charge on any atom is 0.435 e. The number of amides is 4. The summed E-state index contributed by atoms with van der Waals surface area (Å²) in [6.45, 7) is 0. The highest BCUT2D eigenvalue weighted by atomic mass is 19.4. The lowest BCUT2D eigenvalue weighted by atomic mass is 9.96. The normalized spacial score (nSPS) is 23.9. The molecule has 5 nitrogen and oxygen atoms in total.